The van der Waals surface area contributed by atoms with E-state index in [0.717, 1.165) is 10.5 Å². The average molecular weight is 345 g/mol. The number of amides is 2. The van der Waals surface area contributed by atoms with Crippen molar-refractivity contribution in [3.63, 3.8) is 0 Å². The summed E-state index contributed by atoms with van der Waals surface area (Å²) >= 11 is 0. The molecule has 1 aromatic carbocycles. The van der Waals surface area contributed by atoms with Crippen molar-refractivity contribution in [3.8, 4) is 0 Å². The second-order valence-electron chi connectivity index (χ2n) is 4.97. The molecule has 1 aromatic rings. The number of hydrogen-bond acceptors (Lipinski definition) is 5. The lowest BCUT2D eigenvalue weighted by Crippen LogP contribution is -2.50. The number of ketones is 1. The maximum Gasteiger partial charge on any atom is 0.318 e. The number of benzene rings is 1. The van der Waals surface area contributed by atoms with Crippen LogP contribution in [0.1, 0.15) is 18.9 Å². The zero-order chi connectivity index (χ0) is 18.7. The fourth-order valence-corrected chi connectivity index (χ4v) is 2.05. The Bertz CT molecular complexity index is 628. The second kappa shape index (κ2) is 10.7. The Morgan fingerprint density at radius 1 is 1.28 bits per heavy atom. The SMILES string of the molecule is CCOC(=O)CCN(C(=O)NC)C([C]=O)C(=O)C=Cc1ccccc1. The van der Waals surface area contributed by atoms with E-state index in [2.05, 4.69) is 5.32 Å². The Morgan fingerprint density at radius 2 is 1.96 bits per heavy atom. The first-order valence-corrected chi connectivity index (χ1v) is 7.82. The van der Waals surface area contributed by atoms with Crippen molar-refractivity contribution < 1.29 is 23.9 Å². The number of nitrogens with zero attached hydrogens (tertiary/aromatic N) is 1. The summed E-state index contributed by atoms with van der Waals surface area (Å²) < 4.78 is 4.79. The molecule has 7 nitrogen and oxygen atoms in total. The number of esters is 1. The molecule has 0 heterocycles. The predicted molar refractivity (Wildman–Crippen MR) is 92.4 cm³/mol. The van der Waals surface area contributed by atoms with Gasteiger partial charge in [-0.1, -0.05) is 36.4 Å². The summed E-state index contributed by atoms with van der Waals surface area (Å²) in [6, 6.07) is 6.95. The summed E-state index contributed by atoms with van der Waals surface area (Å²) in [6.07, 6.45) is 4.20. The van der Waals surface area contributed by atoms with Crippen molar-refractivity contribution in [1.29, 1.82) is 0 Å². The molecular weight excluding hydrogens is 324 g/mol. The smallest absolute Gasteiger partial charge is 0.318 e. The minimum absolute atomic E-state index is 0.130. The number of ether oxygens (including phenoxy) is 1. The molecule has 2 amide bonds. The topological polar surface area (TPSA) is 92.8 Å². The standard InChI is InChI=1S/C18H21N2O5/c1-3-25-17(23)11-12-20(18(24)19-2)15(13-21)16(22)10-9-14-7-5-4-6-8-14/h4-10,15H,3,11-12H2,1-2H3,(H,19,24). The average Bonchev–Trinajstić information content (AvgIpc) is 2.63. The molecule has 0 aliphatic carbocycles. The molecule has 0 fully saturated rings. The van der Waals surface area contributed by atoms with Crippen LogP contribution in [0.25, 0.3) is 6.08 Å². The van der Waals surface area contributed by atoms with Gasteiger partial charge >= 0.3 is 12.0 Å². The summed E-state index contributed by atoms with van der Waals surface area (Å²) in [5, 5.41) is 2.34. The van der Waals surface area contributed by atoms with Crippen molar-refractivity contribution in [1.82, 2.24) is 10.2 Å². The molecule has 1 radical (unpaired) electrons. The van der Waals surface area contributed by atoms with Gasteiger partial charge in [-0.05, 0) is 18.6 Å². The molecule has 0 saturated carbocycles. The molecule has 0 bridgehead atoms. The van der Waals surface area contributed by atoms with Crippen LogP contribution >= 0.6 is 0 Å². The second-order valence-corrected chi connectivity index (χ2v) is 4.97. The van der Waals surface area contributed by atoms with Crippen molar-refractivity contribution in [2.24, 2.45) is 0 Å². The van der Waals surface area contributed by atoms with Crippen molar-refractivity contribution >= 4 is 30.1 Å². The first kappa shape index (κ1) is 20.1. The number of nitrogens with one attached hydrogen (secondary N) is 1. The zero-order valence-electron chi connectivity index (χ0n) is 14.2. The molecule has 133 valence electrons. The lowest BCUT2D eigenvalue weighted by atomic mass is 10.1. The van der Waals surface area contributed by atoms with Crippen LogP contribution in [0.5, 0.6) is 0 Å². The summed E-state index contributed by atoms with van der Waals surface area (Å²) in [4.78, 5) is 48.0. The number of carbonyl (C=O) groups is 3. The van der Waals surface area contributed by atoms with Crippen LogP contribution in [0.2, 0.25) is 0 Å². The van der Waals surface area contributed by atoms with Crippen LogP contribution in [-0.4, -0.2) is 55.2 Å². The molecule has 0 spiro atoms. The Balaban J connectivity index is 2.86. The Hall–Kier alpha value is -2.96. The number of carbonyl (C=O) groups excluding carboxylic acids is 4. The third kappa shape index (κ3) is 6.58. The fraction of sp³-hybridized carbons (Fsp3) is 0.333. The quantitative estimate of drug-likeness (QED) is 0.414. The van der Waals surface area contributed by atoms with Gasteiger partial charge in [-0.3, -0.25) is 14.4 Å². The van der Waals surface area contributed by atoms with Gasteiger partial charge in [-0.15, -0.1) is 0 Å². The molecule has 1 rings (SSSR count). The highest BCUT2D eigenvalue weighted by molar-refractivity contribution is 6.08. The number of rotatable bonds is 9. The van der Waals surface area contributed by atoms with Crippen LogP contribution in [0, 0.1) is 0 Å². The Kier molecular flexibility index (Phi) is 8.63. The molecular formula is C18H21N2O5. The zero-order valence-corrected chi connectivity index (χ0v) is 14.2. The first-order valence-electron chi connectivity index (χ1n) is 7.82. The largest absolute Gasteiger partial charge is 0.466 e. The maximum atomic E-state index is 12.3. The van der Waals surface area contributed by atoms with Crippen LogP contribution < -0.4 is 5.32 Å². The van der Waals surface area contributed by atoms with Gasteiger partial charge in [0.2, 0.25) is 6.29 Å². The normalized spacial score (nSPS) is 11.6. The molecule has 1 atom stereocenters. The van der Waals surface area contributed by atoms with E-state index in [1.54, 1.807) is 31.4 Å². The van der Waals surface area contributed by atoms with Crippen molar-refractivity contribution in [3.05, 3.63) is 42.0 Å². The minimum Gasteiger partial charge on any atom is -0.466 e. The third-order valence-electron chi connectivity index (χ3n) is 3.27. The maximum absolute atomic E-state index is 12.3. The van der Waals surface area contributed by atoms with E-state index in [1.807, 2.05) is 18.2 Å². The summed E-state index contributed by atoms with van der Waals surface area (Å²) in [5.41, 5.74) is 0.776. The third-order valence-corrected chi connectivity index (χ3v) is 3.27. The van der Waals surface area contributed by atoms with E-state index in [-0.39, 0.29) is 19.6 Å². The Labute approximate surface area is 146 Å². The van der Waals surface area contributed by atoms with Crippen LogP contribution in [-0.2, 0) is 19.1 Å². The van der Waals surface area contributed by atoms with E-state index in [0.29, 0.717) is 0 Å². The number of urea groups is 1. The number of hydrogen-bond donors (Lipinski definition) is 1. The monoisotopic (exact) mass is 345 g/mol. The summed E-state index contributed by atoms with van der Waals surface area (Å²) in [7, 11) is 1.37. The van der Waals surface area contributed by atoms with Crippen LogP contribution in [0.3, 0.4) is 0 Å². The molecule has 0 saturated heterocycles. The van der Waals surface area contributed by atoms with Crippen LogP contribution in [0.15, 0.2) is 36.4 Å². The van der Waals surface area contributed by atoms with Crippen molar-refractivity contribution in [2.75, 3.05) is 20.2 Å². The van der Waals surface area contributed by atoms with Gasteiger partial charge in [0, 0.05) is 13.6 Å². The lowest BCUT2D eigenvalue weighted by molar-refractivity contribution is -0.143. The minimum atomic E-state index is -1.44. The van der Waals surface area contributed by atoms with Crippen molar-refractivity contribution in [2.45, 2.75) is 19.4 Å². The molecule has 1 N–H and O–H groups in total. The predicted octanol–water partition coefficient (Wildman–Crippen LogP) is 1.34. The highest BCUT2D eigenvalue weighted by atomic mass is 16.5. The molecule has 0 aliphatic rings. The van der Waals surface area contributed by atoms with E-state index >= 15 is 0 Å². The lowest BCUT2D eigenvalue weighted by Gasteiger charge is -2.25. The van der Waals surface area contributed by atoms with Gasteiger partial charge in [0.05, 0.1) is 13.0 Å². The molecule has 0 aliphatic heterocycles. The van der Waals surface area contributed by atoms with Gasteiger partial charge in [0.1, 0.15) is 0 Å². The molecule has 0 aromatic heterocycles. The van der Waals surface area contributed by atoms with Crippen LogP contribution in [0.4, 0.5) is 4.79 Å². The van der Waals surface area contributed by atoms with E-state index in [9.17, 15) is 19.2 Å². The highest BCUT2D eigenvalue weighted by Gasteiger charge is 2.29. The first-order chi connectivity index (χ1) is 12.0. The van der Waals surface area contributed by atoms with Gasteiger partial charge < -0.3 is 15.0 Å². The van der Waals surface area contributed by atoms with Gasteiger partial charge in [-0.2, -0.15) is 0 Å². The van der Waals surface area contributed by atoms with E-state index in [1.165, 1.54) is 13.1 Å². The Morgan fingerprint density at radius 3 is 2.52 bits per heavy atom. The molecule has 1 unspecified atom stereocenters. The summed E-state index contributed by atoms with van der Waals surface area (Å²) in [6.45, 7) is 1.73. The van der Waals surface area contributed by atoms with Gasteiger partial charge in [0.15, 0.2) is 11.8 Å². The van der Waals surface area contributed by atoms with Gasteiger partial charge in [0.25, 0.3) is 0 Å². The van der Waals surface area contributed by atoms with E-state index < -0.39 is 23.8 Å². The highest BCUT2D eigenvalue weighted by Crippen LogP contribution is 2.06. The summed E-state index contributed by atoms with van der Waals surface area (Å²) in [5.74, 6) is -1.13. The molecule has 7 heteroatoms. The van der Waals surface area contributed by atoms with Gasteiger partial charge in [-0.25, -0.2) is 4.79 Å². The van der Waals surface area contributed by atoms with E-state index in [4.69, 9.17) is 4.74 Å². The molecule has 25 heavy (non-hydrogen) atoms. The fourth-order valence-electron chi connectivity index (χ4n) is 2.05.